The van der Waals surface area contributed by atoms with Crippen molar-refractivity contribution in [3.8, 4) is 0 Å². The average Bonchev–Trinajstić information content (AvgIpc) is 3.20. The first-order valence-electron chi connectivity index (χ1n) is 14.2. The maximum Gasteiger partial charge on any atom is 0.0129 e. The lowest BCUT2D eigenvalue weighted by molar-refractivity contribution is -0.0158. The van der Waals surface area contributed by atoms with Crippen LogP contribution in [0.5, 0.6) is 0 Å². The Labute approximate surface area is 195 Å². The highest BCUT2D eigenvalue weighted by atomic mass is 15.2. The van der Waals surface area contributed by atoms with E-state index >= 15 is 0 Å². The lowest BCUT2D eigenvalue weighted by Crippen LogP contribution is -2.53. The van der Waals surface area contributed by atoms with Crippen molar-refractivity contribution in [2.24, 2.45) is 47.3 Å². The largest absolute Gasteiger partial charge is 0.300 e. The summed E-state index contributed by atoms with van der Waals surface area (Å²) in [5.74, 6) is 7.33. The predicted octanol–water partition coefficient (Wildman–Crippen LogP) is 7.19. The molecule has 0 saturated carbocycles. The van der Waals surface area contributed by atoms with Gasteiger partial charge in [-0.1, -0.05) is 61.8 Å². The van der Waals surface area contributed by atoms with Crippen molar-refractivity contribution in [3.63, 3.8) is 0 Å². The third-order valence-corrected chi connectivity index (χ3v) is 9.71. The summed E-state index contributed by atoms with van der Waals surface area (Å²) in [6, 6.07) is 1.83. The molecule has 0 spiro atoms. The summed E-state index contributed by atoms with van der Waals surface area (Å²) in [4.78, 5) is 5.57. The van der Waals surface area contributed by atoms with E-state index in [9.17, 15) is 0 Å². The van der Waals surface area contributed by atoms with Crippen LogP contribution in [0.3, 0.4) is 0 Å². The Morgan fingerprint density at radius 3 is 1.29 bits per heavy atom. The highest BCUT2D eigenvalue weighted by Gasteiger charge is 2.43. The average molecular weight is 433 g/mol. The molecule has 0 radical (unpaired) electrons. The third-order valence-electron chi connectivity index (χ3n) is 9.71. The van der Waals surface area contributed by atoms with E-state index in [1.54, 1.807) is 0 Å². The van der Waals surface area contributed by atoms with Crippen molar-refractivity contribution >= 4 is 0 Å². The van der Waals surface area contributed by atoms with Gasteiger partial charge in [0.05, 0.1) is 0 Å². The number of rotatable bonds is 4. The minimum Gasteiger partial charge on any atom is -0.300 e. The van der Waals surface area contributed by atoms with Crippen LogP contribution in [0.15, 0.2) is 0 Å². The normalized spacial score (nSPS) is 37.2. The van der Waals surface area contributed by atoms with Gasteiger partial charge < -0.3 is 9.80 Å². The van der Waals surface area contributed by atoms with Crippen molar-refractivity contribution in [1.82, 2.24) is 9.80 Å². The highest BCUT2D eigenvalue weighted by Crippen LogP contribution is 2.43. The van der Waals surface area contributed by atoms with Gasteiger partial charge in [-0.3, -0.25) is 0 Å². The van der Waals surface area contributed by atoms with Gasteiger partial charge in [0, 0.05) is 12.1 Å². The molecule has 6 unspecified atom stereocenters. The molecule has 31 heavy (non-hydrogen) atoms. The van der Waals surface area contributed by atoms with E-state index < -0.39 is 0 Å². The fourth-order valence-electron chi connectivity index (χ4n) is 8.31. The van der Waals surface area contributed by atoms with Gasteiger partial charge >= 0.3 is 0 Å². The molecule has 0 bridgehead atoms. The van der Waals surface area contributed by atoms with Crippen LogP contribution in [0.25, 0.3) is 0 Å². The van der Waals surface area contributed by atoms with Crippen LogP contribution in [-0.4, -0.2) is 48.1 Å². The molecule has 0 amide bonds. The second kappa shape index (κ2) is 11.4. The van der Waals surface area contributed by atoms with Crippen molar-refractivity contribution in [1.29, 1.82) is 0 Å². The Bertz CT molecular complexity index is 523. The topological polar surface area (TPSA) is 6.48 Å². The Morgan fingerprint density at radius 2 is 0.871 bits per heavy atom. The van der Waals surface area contributed by atoms with Crippen molar-refractivity contribution < 1.29 is 0 Å². The third kappa shape index (κ3) is 5.89. The molecule has 4 heterocycles. The number of fused-ring (bicyclic) bond motifs is 2. The molecule has 0 aromatic rings. The van der Waals surface area contributed by atoms with Crippen LogP contribution in [0.4, 0.5) is 0 Å². The number of nitrogens with zero attached hydrogens (tertiary/aromatic N) is 2. The standard InChI is InChI=1S/C15H29N.C14H27N/c1-11(2)13-8-10-16-9-6-5-7-14(16)15(13)12(3)4;1-10(2)12-7-9-15-8-5-6-13(15)14(12)11(3)4/h11-15H,5-10H2,1-4H3;10-14H,5-9H2,1-4H3. The molecule has 2 nitrogen and oxygen atoms in total. The fraction of sp³-hybridized carbons (Fsp3) is 1.00. The van der Waals surface area contributed by atoms with E-state index in [4.69, 9.17) is 0 Å². The number of piperidine rings is 3. The zero-order valence-electron chi connectivity index (χ0n) is 22.4. The molecule has 4 saturated heterocycles. The molecule has 4 aliphatic heterocycles. The maximum atomic E-state index is 2.80. The zero-order chi connectivity index (χ0) is 22.7. The van der Waals surface area contributed by atoms with Gasteiger partial charge in [-0.2, -0.15) is 0 Å². The molecule has 0 N–H and O–H groups in total. The van der Waals surface area contributed by atoms with Crippen LogP contribution in [0.2, 0.25) is 0 Å². The lowest BCUT2D eigenvalue weighted by atomic mass is 9.67. The summed E-state index contributed by atoms with van der Waals surface area (Å²) in [5.41, 5.74) is 0. The molecule has 0 aliphatic carbocycles. The smallest absolute Gasteiger partial charge is 0.0129 e. The predicted molar refractivity (Wildman–Crippen MR) is 136 cm³/mol. The van der Waals surface area contributed by atoms with Gasteiger partial charge in [0.2, 0.25) is 0 Å². The Morgan fingerprint density at radius 1 is 0.452 bits per heavy atom. The van der Waals surface area contributed by atoms with Crippen LogP contribution in [0.1, 0.15) is 100 Å². The first kappa shape index (κ1) is 25.5. The Balaban J connectivity index is 0.000000176. The quantitative estimate of drug-likeness (QED) is 0.464. The molecular weight excluding hydrogens is 376 g/mol. The summed E-state index contributed by atoms with van der Waals surface area (Å²) in [7, 11) is 0. The fourth-order valence-corrected chi connectivity index (χ4v) is 8.31. The van der Waals surface area contributed by atoms with E-state index in [0.717, 1.165) is 59.4 Å². The first-order valence-corrected chi connectivity index (χ1v) is 14.2. The summed E-state index contributed by atoms with van der Waals surface area (Å²) >= 11 is 0. The molecule has 4 fully saturated rings. The van der Waals surface area contributed by atoms with E-state index in [1.807, 2.05) is 0 Å². The number of hydrogen-bond donors (Lipinski definition) is 0. The van der Waals surface area contributed by atoms with Gasteiger partial charge in [0.15, 0.2) is 0 Å². The van der Waals surface area contributed by atoms with Gasteiger partial charge in [-0.25, -0.2) is 0 Å². The second-order valence-electron chi connectivity index (χ2n) is 12.9. The Kier molecular flexibility index (Phi) is 9.37. The minimum absolute atomic E-state index is 0.860. The van der Waals surface area contributed by atoms with Crippen LogP contribution in [-0.2, 0) is 0 Å². The molecule has 4 rings (SSSR count). The zero-order valence-corrected chi connectivity index (χ0v) is 22.4. The van der Waals surface area contributed by atoms with E-state index in [1.165, 1.54) is 71.1 Å². The van der Waals surface area contributed by atoms with Gasteiger partial charge in [-0.15, -0.1) is 0 Å². The lowest BCUT2D eigenvalue weighted by Gasteiger charge is -2.51. The Hall–Kier alpha value is -0.0800. The maximum absolute atomic E-state index is 2.80. The molecule has 0 aromatic heterocycles. The van der Waals surface area contributed by atoms with Crippen molar-refractivity contribution in [2.75, 3.05) is 26.2 Å². The minimum atomic E-state index is 0.860. The summed E-state index contributed by atoms with van der Waals surface area (Å²) in [5, 5.41) is 0. The summed E-state index contributed by atoms with van der Waals surface area (Å²) in [6.07, 6.45) is 10.2. The molecule has 2 heteroatoms. The second-order valence-corrected chi connectivity index (χ2v) is 12.9. The summed E-state index contributed by atoms with van der Waals surface area (Å²) < 4.78 is 0. The van der Waals surface area contributed by atoms with Crippen LogP contribution < -0.4 is 0 Å². The molecule has 0 aromatic carbocycles. The van der Waals surface area contributed by atoms with Gasteiger partial charge in [0.25, 0.3) is 0 Å². The van der Waals surface area contributed by atoms with E-state index in [2.05, 4.69) is 65.2 Å². The SMILES string of the molecule is CC(C)C1CCN2CCCC2C1C(C)C.CC(C)C1CCN2CCCCC2C1C(C)C. The van der Waals surface area contributed by atoms with E-state index in [-0.39, 0.29) is 0 Å². The number of hydrogen-bond acceptors (Lipinski definition) is 2. The monoisotopic (exact) mass is 432 g/mol. The first-order chi connectivity index (χ1) is 14.7. The van der Waals surface area contributed by atoms with Crippen molar-refractivity contribution in [2.45, 2.75) is 112 Å². The molecular formula is C29H56N2. The molecule has 182 valence electrons. The van der Waals surface area contributed by atoms with Gasteiger partial charge in [0.1, 0.15) is 0 Å². The van der Waals surface area contributed by atoms with E-state index in [0.29, 0.717) is 0 Å². The molecule has 4 aliphatic rings. The van der Waals surface area contributed by atoms with Crippen molar-refractivity contribution in [3.05, 3.63) is 0 Å². The van der Waals surface area contributed by atoms with Crippen LogP contribution >= 0.6 is 0 Å². The van der Waals surface area contributed by atoms with Crippen LogP contribution in [0, 0.1) is 47.3 Å². The summed E-state index contributed by atoms with van der Waals surface area (Å²) in [6.45, 7) is 24.9. The van der Waals surface area contributed by atoms with Gasteiger partial charge in [-0.05, 0) is 112 Å². The molecule has 6 atom stereocenters. The highest BCUT2D eigenvalue weighted by molar-refractivity contribution is 4.95.